The van der Waals surface area contributed by atoms with E-state index in [1.165, 1.54) is 11.0 Å². The molecule has 21 heavy (non-hydrogen) atoms. The van der Waals surface area contributed by atoms with Crippen molar-refractivity contribution < 1.29 is 23.1 Å². The van der Waals surface area contributed by atoms with Gasteiger partial charge in [-0.25, -0.2) is 8.78 Å². The molecule has 0 fully saturated rings. The number of hydrogen-bond donors (Lipinski definition) is 0. The Hall–Kier alpha value is -1.63. The van der Waals surface area contributed by atoms with Gasteiger partial charge in [0.25, 0.3) is 0 Å². The van der Waals surface area contributed by atoms with Crippen LogP contribution in [0.15, 0.2) is 23.1 Å². The van der Waals surface area contributed by atoms with E-state index < -0.39 is 17.6 Å². The zero-order chi connectivity index (χ0) is 15.8. The van der Waals surface area contributed by atoms with E-state index in [0.29, 0.717) is 11.4 Å². The number of hydrogen-bond acceptors (Lipinski definition) is 4. The molecule has 0 heterocycles. The quantitative estimate of drug-likeness (QED) is 0.572. The Morgan fingerprint density at radius 3 is 2.52 bits per heavy atom. The Balaban J connectivity index is 2.54. The third-order valence-electron chi connectivity index (χ3n) is 2.61. The molecule has 0 saturated carbocycles. The zero-order valence-corrected chi connectivity index (χ0v) is 12.7. The minimum atomic E-state index is -0.952. The monoisotopic (exact) mass is 317 g/mol. The number of carbonyl (C=O) groups is 2. The first kappa shape index (κ1) is 17.4. The van der Waals surface area contributed by atoms with Gasteiger partial charge in [0.15, 0.2) is 11.6 Å². The van der Waals surface area contributed by atoms with Crippen LogP contribution >= 0.6 is 11.8 Å². The molecule has 1 aromatic rings. The van der Waals surface area contributed by atoms with E-state index in [1.54, 1.807) is 13.8 Å². The summed E-state index contributed by atoms with van der Waals surface area (Å²) < 4.78 is 30.6. The van der Waals surface area contributed by atoms with Crippen LogP contribution in [0.5, 0.6) is 0 Å². The highest BCUT2D eigenvalue weighted by atomic mass is 32.2. The van der Waals surface area contributed by atoms with Gasteiger partial charge < -0.3 is 9.64 Å². The van der Waals surface area contributed by atoms with E-state index in [-0.39, 0.29) is 24.8 Å². The molecule has 4 nitrogen and oxygen atoms in total. The van der Waals surface area contributed by atoms with Crippen molar-refractivity contribution in [1.82, 2.24) is 4.90 Å². The molecule has 116 valence electrons. The number of thioether (sulfide) groups is 1. The molecule has 0 aromatic heterocycles. The van der Waals surface area contributed by atoms with E-state index in [4.69, 9.17) is 4.74 Å². The molecule has 0 aliphatic rings. The minimum Gasteiger partial charge on any atom is -0.465 e. The maximum absolute atomic E-state index is 13.0. The summed E-state index contributed by atoms with van der Waals surface area (Å²) in [5.74, 6) is -2.57. The molecular weight excluding hydrogens is 300 g/mol. The molecule has 0 saturated heterocycles. The van der Waals surface area contributed by atoms with Gasteiger partial charge in [-0.15, -0.1) is 11.8 Å². The van der Waals surface area contributed by atoms with Crippen molar-refractivity contribution >= 4 is 23.6 Å². The summed E-state index contributed by atoms with van der Waals surface area (Å²) in [7, 11) is 0. The first-order valence-corrected chi connectivity index (χ1v) is 7.47. The van der Waals surface area contributed by atoms with Gasteiger partial charge in [-0.3, -0.25) is 9.59 Å². The lowest BCUT2D eigenvalue weighted by Gasteiger charge is -2.19. The van der Waals surface area contributed by atoms with Gasteiger partial charge in [0.05, 0.1) is 12.4 Å². The van der Waals surface area contributed by atoms with Gasteiger partial charge >= 0.3 is 5.97 Å². The van der Waals surface area contributed by atoms with Gasteiger partial charge in [-0.2, -0.15) is 0 Å². The summed E-state index contributed by atoms with van der Waals surface area (Å²) in [6.45, 7) is 3.96. The van der Waals surface area contributed by atoms with Crippen molar-refractivity contribution in [2.45, 2.75) is 18.7 Å². The summed E-state index contributed by atoms with van der Waals surface area (Å²) in [5, 5.41) is 0. The van der Waals surface area contributed by atoms with Crippen LogP contribution < -0.4 is 0 Å². The molecule has 1 aromatic carbocycles. The van der Waals surface area contributed by atoms with E-state index in [0.717, 1.165) is 23.9 Å². The largest absolute Gasteiger partial charge is 0.465 e. The first-order valence-electron chi connectivity index (χ1n) is 6.49. The number of likely N-dealkylation sites (N-methyl/N-ethyl adjacent to an activating group) is 1. The van der Waals surface area contributed by atoms with Crippen molar-refractivity contribution in [3.05, 3.63) is 29.8 Å². The van der Waals surface area contributed by atoms with Gasteiger partial charge in [-0.05, 0) is 32.0 Å². The molecule has 1 rings (SSSR count). The molecule has 0 bridgehead atoms. The van der Waals surface area contributed by atoms with Crippen LogP contribution in [0.25, 0.3) is 0 Å². The lowest BCUT2D eigenvalue weighted by molar-refractivity contribution is -0.148. The van der Waals surface area contributed by atoms with Crippen LogP contribution in [-0.4, -0.2) is 42.2 Å². The van der Waals surface area contributed by atoms with Gasteiger partial charge in [0, 0.05) is 11.4 Å². The molecule has 0 radical (unpaired) electrons. The molecule has 7 heteroatoms. The molecule has 0 spiro atoms. The zero-order valence-electron chi connectivity index (χ0n) is 11.9. The van der Waals surface area contributed by atoms with Crippen molar-refractivity contribution in [2.75, 3.05) is 25.4 Å². The highest BCUT2D eigenvalue weighted by molar-refractivity contribution is 8.00. The smallest absolute Gasteiger partial charge is 0.325 e. The van der Waals surface area contributed by atoms with Crippen molar-refractivity contribution in [3.63, 3.8) is 0 Å². The highest BCUT2D eigenvalue weighted by Crippen LogP contribution is 2.20. The molecule has 0 aliphatic heterocycles. The molecule has 1 amide bonds. The second-order valence-corrected chi connectivity index (χ2v) is 5.13. The Labute approximate surface area is 126 Å². The normalized spacial score (nSPS) is 10.3. The fraction of sp³-hybridized carbons (Fsp3) is 0.429. The third-order valence-corrected chi connectivity index (χ3v) is 3.59. The number of amides is 1. The Kier molecular flexibility index (Phi) is 7.14. The summed E-state index contributed by atoms with van der Waals surface area (Å²) in [6, 6.07) is 3.45. The van der Waals surface area contributed by atoms with Crippen LogP contribution in [0, 0.1) is 11.6 Å². The van der Waals surface area contributed by atoms with Crippen molar-refractivity contribution in [1.29, 1.82) is 0 Å². The summed E-state index contributed by atoms with van der Waals surface area (Å²) in [6.07, 6.45) is 0. The van der Waals surface area contributed by atoms with Crippen LogP contribution in [-0.2, 0) is 14.3 Å². The SMILES string of the molecule is CCOC(=O)CN(CC)C(=O)CSc1ccc(F)c(F)c1. The average Bonchev–Trinajstić information content (AvgIpc) is 2.46. The van der Waals surface area contributed by atoms with Crippen LogP contribution in [0.1, 0.15) is 13.8 Å². The second kappa shape index (κ2) is 8.61. The Morgan fingerprint density at radius 1 is 1.24 bits per heavy atom. The molecule has 0 aliphatic carbocycles. The number of esters is 1. The maximum atomic E-state index is 13.0. The van der Waals surface area contributed by atoms with Crippen molar-refractivity contribution in [3.8, 4) is 0 Å². The number of ether oxygens (including phenoxy) is 1. The predicted octanol–water partition coefficient (Wildman–Crippen LogP) is 2.47. The third kappa shape index (κ3) is 5.71. The highest BCUT2D eigenvalue weighted by Gasteiger charge is 2.16. The number of halogens is 2. The molecular formula is C14H17F2NO3S. The van der Waals surface area contributed by atoms with E-state index in [1.807, 2.05) is 0 Å². The molecule has 0 N–H and O–H groups in total. The number of carbonyl (C=O) groups excluding carboxylic acids is 2. The molecule has 0 unspecified atom stereocenters. The number of nitrogens with zero attached hydrogens (tertiary/aromatic N) is 1. The van der Waals surface area contributed by atoms with E-state index in [9.17, 15) is 18.4 Å². The molecule has 0 atom stereocenters. The van der Waals surface area contributed by atoms with Crippen LogP contribution in [0.2, 0.25) is 0 Å². The maximum Gasteiger partial charge on any atom is 0.325 e. The minimum absolute atomic E-state index is 0.0400. The van der Waals surface area contributed by atoms with Gasteiger partial charge in [-0.1, -0.05) is 0 Å². The van der Waals surface area contributed by atoms with Gasteiger partial charge in [0.2, 0.25) is 5.91 Å². The lowest BCUT2D eigenvalue weighted by atomic mass is 10.3. The summed E-state index contributed by atoms with van der Waals surface area (Å²) in [5.41, 5.74) is 0. The second-order valence-electron chi connectivity index (χ2n) is 4.08. The predicted molar refractivity (Wildman–Crippen MR) is 76.0 cm³/mol. The fourth-order valence-electron chi connectivity index (χ4n) is 1.54. The first-order chi connectivity index (χ1) is 9.97. The summed E-state index contributed by atoms with van der Waals surface area (Å²) in [4.78, 5) is 25.1. The van der Waals surface area contributed by atoms with Crippen LogP contribution in [0.3, 0.4) is 0 Å². The van der Waals surface area contributed by atoms with E-state index >= 15 is 0 Å². The topological polar surface area (TPSA) is 46.6 Å². The number of benzene rings is 1. The Bertz CT molecular complexity index is 511. The van der Waals surface area contributed by atoms with Gasteiger partial charge in [0.1, 0.15) is 6.54 Å². The standard InChI is InChI=1S/C14H17F2NO3S/c1-3-17(8-14(19)20-4-2)13(18)9-21-10-5-6-11(15)12(16)7-10/h5-7H,3-4,8-9H2,1-2H3. The fourth-order valence-corrected chi connectivity index (χ4v) is 2.37. The average molecular weight is 317 g/mol. The van der Waals surface area contributed by atoms with E-state index in [2.05, 4.69) is 0 Å². The number of rotatable bonds is 7. The lowest BCUT2D eigenvalue weighted by Crippen LogP contribution is -2.37. The van der Waals surface area contributed by atoms with Crippen molar-refractivity contribution in [2.24, 2.45) is 0 Å². The van der Waals surface area contributed by atoms with Crippen LogP contribution in [0.4, 0.5) is 8.78 Å². The Morgan fingerprint density at radius 2 is 1.95 bits per heavy atom. The summed E-state index contributed by atoms with van der Waals surface area (Å²) >= 11 is 1.09.